The van der Waals surface area contributed by atoms with Crippen molar-refractivity contribution in [2.45, 2.75) is 32.3 Å². The molecule has 0 aromatic carbocycles. The maximum absolute atomic E-state index is 9.41. The molecule has 3 aromatic rings. The molecule has 0 amide bonds. The van der Waals surface area contributed by atoms with Gasteiger partial charge in [0.25, 0.3) is 0 Å². The highest BCUT2D eigenvalue weighted by molar-refractivity contribution is 7.19. The third-order valence-electron chi connectivity index (χ3n) is 3.64. The first-order valence-electron chi connectivity index (χ1n) is 6.80. The molecular formula is C13H15N5OS. The third-order valence-corrected chi connectivity index (χ3v) is 4.82. The van der Waals surface area contributed by atoms with Crippen molar-refractivity contribution < 1.29 is 5.11 Å². The Kier molecular flexibility index (Phi) is 2.64. The van der Waals surface area contributed by atoms with E-state index in [1.807, 2.05) is 0 Å². The first-order chi connectivity index (χ1) is 9.74. The number of aryl methyl sites for hydroxylation is 2. The van der Waals surface area contributed by atoms with E-state index in [4.69, 9.17) is 0 Å². The molecule has 3 aromatic heterocycles. The van der Waals surface area contributed by atoms with Gasteiger partial charge in [-0.3, -0.25) is 0 Å². The van der Waals surface area contributed by atoms with Crippen molar-refractivity contribution >= 4 is 33.1 Å². The Morgan fingerprint density at radius 1 is 1.50 bits per heavy atom. The Balaban J connectivity index is 1.94. The van der Waals surface area contributed by atoms with Gasteiger partial charge in [-0.25, -0.2) is 9.97 Å². The molecule has 1 aliphatic carbocycles. The molecule has 1 unspecified atom stereocenters. The summed E-state index contributed by atoms with van der Waals surface area (Å²) in [6.45, 7) is 2.18. The van der Waals surface area contributed by atoms with Crippen molar-refractivity contribution in [1.82, 2.24) is 19.6 Å². The molecule has 20 heavy (non-hydrogen) atoms. The van der Waals surface area contributed by atoms with Gasteiger partial charge in [-0.15, -0.1) is 11.3 Å². The van der Waals surface area contributed by atoms with Crippen LogP contribution in [0.25, 0.3) is 15.9 Å². The average molecular weight is 289 g/mol. The normalized spacial score (nSPS) is 15.9. The zero-order chi connectivity index (χ0) is 13.7. The van der Waals surface area contributed by atoms with Crippen molar-refractivity contribution in [2.75, 3.05) is 11.9 Å². The summed E-state index contributed by atoms with van der Waals surface area (Å²) in [5.74, 6) is 0.644. The number of hydrogen-bond donors (Lipinski definition) is 2. The zero-order valence-electron chi connectivity index (χ0n) is 11.1. The molecule has 6 nitrogen and oxygen atoms in total. The van der Waals surface area contributed by atoms with Crippen LogP contribution in [0.2, 0.25) is 0 Å². The summed E-state index contributed by atoms with van der Waals surface area (Å²) in [6, 6.07) is 0. The van der Waals surface area contributed by atoms with Crippen molar-refractivity contribution in [3.63, 3.8) is 0 Å². The number of thiophene rings is 1. The van der Waals surface area contributed by atoms with Crippen LogP contribution in [0, 0.1) is 0 Å². The van der Waals surface area contributed by atoms with Gasteiger partial charge >= 0.3 is 0 Å². The second-order valence-electron chi connectivity index (χ2n) is 5.20. The van der Waals surface area contributed by atoms with Gasteiger partial charge in [0.05, 0.1) is 11.5 Å². The van der Waals surface area contributed by atoms with E-state index in [9.17, 15) is 5.11 Å². The maximum atomic E-state index is 9.41. The Hall–Kier alpha value is -1.73. The van der Waals surface area contributed by atoms with Crippen LogP contribution in [0.1, 0.15) is 23.8 Å². The highest BCUT2D eigenvalue weighted by Crippen LogP contribution is 2.38. The maximum Gasteiger partial charge on any atom is 0.227 e. The smallest absolute Gasteiger partial charge is 0.227 e. The molecule has 3 heterocycles. The van der Waals surface area contributed by atoms with E-state index in [1.165, 1.54) is 16.9 Å². The van der Waals surface area contributed by atoms with Gasteiger partial charge in [-0.2, -0.15) is 9.61 Å². The largest absolute Gasteiger partial charge is 0.392 e. The van der Waals surface area contributed by atoms with Crippen LogP contribution in [0.15, 0.2) is 6.33 Å². The number of aliphatic hydroxyl groups excluding tert-OH is 1. The van der Waals surface area contributed by atoms with Gasteiger partial charge in [0, 0.05) is 11.4 Å². The molecule has 0 saturated heterocycles. The predicted octanol–water partition coefficient (Wildman–Crippen LogP) is 1.62. The summed E-state index contributed by atoms with van der Waals surface area (Å²) >= 11 is 1.76. The van der Waals surface area contributed by atoms with Crippen molar-refractivity contribution in [3.05, 3.63) is 16.8 Å². The molecular weight excluding hydrogens is 274 g/mol. The van der Waals surface area contributed by atoms with Crippen LogP contribution in [-0.2, 0) is 12.8 Å². The van der Waals surface area contributed by atoms with Crippen molar-refractivity contribution in [2.24, 2.45) is 0 Å². The fourth-order valence-electron chi connectivity index (χ4n) is 2.76. The fourth-order valence-corrected chi connectivity index (χ4v) is 4.02. The number of rotatable bonds is 3. The van der Waals surface area contributed by atoms with Crippen LogP contribution in [0.4, 0.5) is 5.95 Å². The zero-order valence-corrected chi connectivity index (χ0v) is 11.9. The Labute approximate surface area is 119 Å². The first kappa shape index (κ1) is 12.0. The van der Waals surface area contributed by atoms with Gasteiger partial charge < -0.3 is 10.4 Å². The molecule has 0 fully saturated rings. The number of hydrogen-bond acceptors (Lipinski definition) is 6. The lowest BCUT2D eigenvalue weighted by Crippen LogP contribution is -2.18. The minimum atomic E-state index is -0.431. The number of aromatic nitrogens is 4. The van der Waals surface area contributed by atoms with Gasteiger partial charge in [0.1, 0.15) is 11.2 Å². The minimum absolute atomic E-state index is 0.431. The highest BCUT2D eigenvalue weighted by atomic mass is 32.1. The Morgan fingerprint density at radius 3 is 3.25 bits per heavy atom. The number of anilines is 1. The molecule has 1 atom stereocenters. The minimum Gasteiger partial charge on any atom is -0.392 e. The number of fused-ring (bicyclic) bond motifs is 5. The van der Waals surface area contributed by atoms with Crippen LogP contribution in [0.3, 0.4) is 0 Å². The van der Waals surface area contributed by atoms with Crippen LogP contribution in [0.5, 0.6) is 0 Å². The van der Waals surface area contributed by atoms with Crippen LogP contribution < -0.4 is 5.32 Å². The molecule has 1 aliphatic rings. The SMILES string of the molecule is CC(O)CNc1nc2sc3c(c2c2ncnn12)CCC3. The lowest BCUT2D eigenvalue weighted by molar-refractivity contribution is 0.208. The van der Waals surface area contributed by atoms with E-state index < -0.39 is 6.10 Å². The Morgan fingerprint density at radius 2 is 2.40 bits per heavy atom. The van der Waals surface area contributed by atoms with E-state index >= 15 is 0 Å². The van der Waals surface area contributed by atoms with E-state index in [-0.39, 0.29) is 0 Å². The monoisotopic (exact) mass is 289 g/mol. The topological polar surface area (TPSA) is 75.3 Å². The van der Waals surface area contributed by atoms with Crippen molar-refractivity contribution in [1.29, 1.82) is 0 Å². The molecule has 104 valence electrons. The van der Waals surface area contributed by atoms with E-state index in [1.54, 1.807) is 29.1 Å². The second-order valence-corrected chi connectivity index (χ2v) is 6.28. The summed E-state index contributed by atoms with van der Waals surface area (Å²) in [5.41, 5.74) is 2.26. The van der Waals surface area contributed by atoms with E-state index in [0.29, 0.717) is 12.5 Å². The standard InChI is InChI=1S/C13H15N5OS/c1-7(19)5-14-13-17-12-10(11-15-6-16-18(11)13)8-3-2-4-9(8)20-12/h6-7,19H,2-5H2,1H3,(H,14,17). The number of nitrogens with one attached hydrogen (secondary N) is 1. The first-order valence-corrected chi connectivity index (χ1v) is 7.61. The van der Waals surface area contributed by atoms with Gasteiger partial charge in [0.15, 0.2) is 5.65 Å². The van der Waals surface area contributed by atoms with Crippen LogP contribution >= 0.6 is 11.3 Å². The molecule has 2 N–H and O–H groups in total. The van der Waals surface area contributed by atoms with Crippen molar-refractivity contribution in [3.8, 4) is 0 Å². The molecule has 0 bridgehead atoms. The van der Waals surface area contributed by atoms with E-state index in [0.717, 1.165) is 28.7 Å². The molecule has 0 aliphatic heterocycles. The number of aliphatic hydroxyl groups is 1. The lowest BCUT2D eigenvalue weighted by Gasteiger charge is -2.09. The highest BCUT2D eigenvalue weighted by Gasteiger charge is 2.22. The molecule has 7 heteroatoms. The van der Waals surface area contributed by atoms with Gasteiger partial charge in [-0.1, -0.05) is 0 Å². The summed E-state index contributed by atoms with van der Waals surface area (Å²) in [4.78, 5) is 11.5. The summed E-state index contributed by atoms with van der Waals surface area (Å²) in [7, 11) is 0. The summed E-state index contributed by atoms with van der Waals surface area (Å²) < 4.78 is 1.73. The third kappa shape index (κ3) is 1.70. The van der Waals surface area contributed by atoms with Gasteiger partial charge in [0.2, 0.25) is 5.95 Å². The fraction of sp³-hybridized carbons (Fsp3) is 0.462. The molecule has 4 rings (SSSR count). The quantitative estimate of drug-likeness (QED) is 0.766. The molecule has 0 radical (unpaired) electrons. The molecule has 0 spiro atoms. The lowest BCUT2D eigenvalue weighted by atomic mass is 10.2. The predicted molar refractivity (Wildman–Crippen MR) is 78.4 cm³/mol. The average Bonchev–Trinajstić information content (AvgIpc) is 3.08. The Bertz CT molecular complexity index is 791. The summed E-state index contributed by atoms with van der Waals surface area (Å²) in [6.07, 6.45) is 4.61. The second kappa shape index (κ2) is 4.39. The van der Waals surface area contributed by atoms with E-state index in [2.05, 4.69) is 20.4 Å². The summed E-state index contributed by atoms with van der Waals surface area (Å²) in [5, 5.41) is 18.0. The van der Waals surface area contributed by atoms with Crippen LogP contribution in [-0.4, -0.2) is 37.3 Å². The number of nitrogens with zero attached hydrogens (tertiary/aromatic N) is 4. The van der Waals surface area contributed by atoms with Gasteiger partial charge in [-0.05, 0) is 31.7 Å². The molecule has 0 saturated carbocycles.